The van der Waals surface area contributed by atoms with Crippen molar-refractivity contribution in [3.05, 3.63) is 30.1 Å². The summed E-state index contributed by atoms with van der Waals surface area (Å²) in [6.07, 6.45) is 0. The molecule has 0 aromatic heterocycles. The summed E-state index contributed by atoms with van der Waals surface area (Å²) < 4.78 is 69.1. The van der Waals surface area contributed by atoms with Crippen LogP contribution >= 0.6 is 0 Å². The first-order chi connectivity index (χ1) is 11.2. The molecule has 24 heavy (non-hydrogen) atoms. The normalized spacial score (nSPS) is 16.7. The number of rotatable bonds is 3. The highest BCUT2D eigenvalue weighted by molar-refractivity contribution is 7.92. The van der Waals surface area contributed by atoms with Gasteiger partial charge in [-0.1, -0.05) is 6.07 Å². The number of halogens is 3. The number of phenolic OH excluding ortho intramolecular Hbond substituents is 1. The summed E-state index contributed by atoms with van der Waals surface area (Å²) in [5.74, 6) is -3.15. The average molecular weight is 362 g/mol. The summed E-state index contributed by atoms with van der Waals surface area (Å²) in [4.78, 5) is 11.3. The van der Waals surface area contributed by atoms with E-state index in [1.54, 1.807) is 4.72 Å². The number of carbonyl (C=O) groups is 1. The molecule has 7 nitrogen and oxygen atoms in total. The Morgan fingerprint density at radius 1 is 1.29 bits per heavy atom. The number of nitrogens with zero attached hydrogens (tertiary/aromatic N) is 1. The highest BCUT2D eigenvalue weighted by Gasteiger charge is 2.37. The molecular weight excluding hydrogens is 353 g/mol. The Morgan fingerprint density at radius 3 is 2.58 bits per heavy atom. The molecule has 3 rings (SSSR count). The molecular formula is C13H9F3N2O5S. The zero-order chi connectivity index (χ0) is 17.6. The van der Waals surface area contributed by atoms with Gasteiger partial charge in [0.1, 0.15) is 23.7 Å². The Balaban J connectivity index is 2.20. The fourth-order valence-electron chi connectivity index (χ4n) is 2.37. The molecule has 0 radical (unpaired) electrons. The Morgan fingerprint density at radius 2 is 2.00 bits per heavy atom. The van der Waals surface area contributed by atoms with Gasteiger partial charge in [-0.25, -0.2) is 13.4 Å². The quantitative estimate of drug-likeness (QED) is 0.862. The summed E-state index contributed by atoms with van der Waals surface area (Å²) >= 11 is 0. The van der Waals surface area contributed by atoms with Crippen LogP contribution in [0.5, 0.6) is 11.5 Å². The largest absolute Gasteiger partial charge is 0.506 e. The average Bonchev–Trinajstić information content (AvgIpc) is 2.72. The van der Waals surface area contributed by atoms with Gasteiger partial charge in [-0.2, -0.15) is 17.2 Å². The number of aromatic hydroxyl groups is 1. The van der Waals surface area contributed by atoms with Crippen LogP contribution in [0.25, 0.3) is 10.8 Å². The SMILES string of the molecule is O=C1CN(c2c(O)cc3ccc(OC(F)F)cc3c2F)S(=O)(=O)N1. The molecule has 0 unspecified atom stereocenters. The predicted molar refractivity (Wildman–Crippen MR) is 76.6 cm³/mol. The molecule has 1 aliphatic rings. The standard InChI is InChI=1S/C13H9F3N2O5S/c14-11-8-4-7(23-13(15)16)2-1-6(8)3-9(19)12(11)18-5-10(20)17-24(18,21)22/h1-4,13,19H,5H2,(H,17,20). The smallest absolute Gasteiger partial charge is 0.387 e. The Hall–Kier alpha value is -2.69. The minimum atomic E-state index is -4.35. The molecule has 11 heteroatoms. The van der Waals surface area contributed by atoms with Crippen LogP contribution in [0.1, 0.15) is 0 Å². The summed E-state index contributed by atoms with van der Waals surface area (Å²) in [5.41, 5.74) is -0.755. The number of ether oxygens (including phenoxy) is 1. The molecule has 1 saturated heterocycles. The van der Waals surface area contributed by atoms with E-state index in [1.807, 2.05) is 0 Å². The number of nitrogens with one attached hydrogen (secondary N) is 1. The number of carbonyl (C=O) groups excluding carboxylic acids is 1. The lowest BCUT2D eigenvalue weighted by molar-refractivity contribution is -0.117. The van der Waals surface area contributed by atoms with Crippen LogP contribution in [-0.2, 0) is 15.0 Å². The topological polar surface area (TPSA) is 95.9 Å². The van der Waals surface area contributed by atoms with Crippen molar-refractivity contribution in [3.63, 3.8) is 0 Å². The zero-order valence-electron chi connectivity index (χ0n) is 11.7. The van der Waals surface area contributed by atoms with E-state index in [2.05, 4.69) is 4.74 Å². The van der Waals surface area contributed by atoms with Gasteiger partial charge in [-0.3, -0.25) is 4.79 Å². The molecule has 2 N–H and O–H groups in total. The molecule has 2 aromatic carbocycles. The van der Waals surface area contributed by atoms with Crippen molar-refractivity contribution in [1.29, 1.82) is 0 Å². The molecule has 1 aliphatic heterocycles. The molecule has 0 saturated carbocycles. The van der Waals surface area contributed by atoms with E-state index in [1.165, 1.54) is 6.07 Å². The Bertz CT molecular complexity index is 948. The number of hydrogen-bond acceptors (Lipinski definition) is 5. The Kier molecular flexibility index (Phi) is 3.67. The minimum absolute atomic E-state index is 0.131. The van der Waals surface area contributed by atoms with Gasteiger partial charge in [0.15, 0.2) is 5.82 Å². The van der Waals surface area contributed by atoms with Crippen molar-refractivity contribution in [2.45, 2.75) is 6.61 Å². The number of hydrogen-bond donors (Lipinski definition) is 2. The van der Waals surface area contributed by atoms with E-state index in [0.717, 1.165) is 18.2 Å². The predicted octanol–water partition coefficient (Wildman–Crippen LogP) is 1.47. The number of phenols is 1. The minimum Gasteiger partial charge on any atom is -0.506 e. The highest BCUT2D eigenvalue weighted by atomic mass is 32.2. The van der Waals surface area contributed by atoms with E-state index < -0.39 is 46.5 Å². The maximum Gasteiger partial charge on any atom is 0.387 e. The monoisotopic (exact) mass is 362 g/mol. The highest BCUT2D eigenvalue weighted by Crippen LogP contribution is 2.39. The molecule has 0 atom stereocenters. The van der Waals surface area contributed by atoms with Gasteiger partial charge < -0.3 is 9.84 Å². The van der Waals surface area contributed by atoms with Gasteiger partial charge in [-0.05, 0) is 23.6 Å². The molecule has 1 heterocycles. The maximum absolute atomic E-state index is 14.7. The molecule has 0 bridgehead atoms. The van der Waals surface area contributed by atoms with Gasteiger partial charge >= 0.3 is 16.8 Å². The van der Waals surface area contributed by atoms with E-state index in [-0.39, 0.29) is 16.5 Å². The van der Waals surface area contributed by atoms with Crippen LogP contribution in [0.4, 0.5) is 18.9 Å². The molecule has 128 valence electrons. The van der Waals surface area contributed by atoms with Crippen LogP contribution < -0.4 is 13.8 Å². The van der Waals surface area contributed by atoms with Crippen molar-refractivity contribution in [2.75, 3.05) is 10.8 Å². The summed E-state index contributed by atoms with van der Waals surface area (Å²) in [6.45, 7) is -3.84. The Labute approximate surface area is 133 Å². The maximum atomic E-state index is 14.7. The number of fused-ring (bicyclic) bond motifs is 1. The lowest BCUT2D eigenvalue weighted by Gasteiger charge is -2.18. The van der Waals surface area contributed by atoms with Crippen molar-refractivity contribution >= 4 is 32.6 Å². The second-order valence-electron chi connectivity index (χ2n) is 4.86. The van der Waals surface area contributed by atoms with Gasteiger partial charge in [0, 0.05) is 5.39 Å². The number of benzene rings is 2. The summed E-state index contributed by atoms with van der Waals surface area (Å²) in [7, 11) is -4.35. The third-order valence-electron chi connectivity index (χ3n) is 3.30. The van der Waals surface area contributed by atoms with Crippen LogP contribution in [0.3, 0.4) is 0 Å². The van der Waals surface area contributed by atoms with E-state index in [0.29, 0.717) is 4.31 Å². The van der Waals surface area contributed by atoms with Gasteiger partial charge in [-0.15, -0.1) is 0 Å². The van der Waals surface area contributed by atoms with Gasteiger partial charge in [0.05, 0.1) is 0 Å². The second-order valence-corrected chi connectivity index (χ2v) is 6.45. The summed E-state index contributed by atoms with van der Waals surface area (Å²) in [6, 6.07) is 4.36. The summed E-state index contributed by atoms with van der Waals surface area (Å²) in [5, 5.41) is 9.82. The number of amides is 1. The van der Waals surface area contributed by atoms with Crippen LogP contribution in [0.15, 0.2) is 24.3 Å². The second kappa shape index (κ2) is 5.44. The van der Waals surface area contributed by atoms with Crippen molar-refractivity contribution in [1.82, 2.24) is 4.72 Å². The van der Waals surface area contributed by atoms with Gasteiger partial charge in [0.2, 0.25) is 0 Å². The molecule has 0 aliphatic carbocycles. The van der Waals surface area contributed by atoms with E-state index in [4.69, 9.17) is 0 Å². The van der Waals surface area contributed by atoms with Gasteiger partial charge in [0.25, 0.3) is 5.91 Å². The van der Waals surface area contributed by atoms with E-state index >= 15 is 0 Å². The van der Waals surface area contributed by atoms with Crippen molar-refractivity contribution < 1.29 is 36.2 Å². The fraction of sp³-hybridized carbons (Fsp3) is 0.154. The van der Waals surface area contributed by atoms with Crippen molar-refractivity contribution in [2.24, 2.45) is 0 Å². The van der Waals surface area contributed by atoms with Crippen LogP contribution in [0, 0.1) is 5.82 Å². The lowest BCUT2D eigenvalue weighted by atomic mass is 10.1. The molecule has 0 spiro atoms. The van der Waals surface area contributed by atoms with E-state index in [9.17, 15) is 31.5 Å². The lowest BCUT2D eigenvalue weighted by Crippen LogP contribution is -2.30. The number of alkyl halides is 2. The number of anilines is 1. The molecule has 1 fully saturated rings. The first-order valence-corrected chi connectivity index (χ1v) is 7.86. The van der Waals surface area contributed by atoms with Crippen LogP contribution in [-0.4, -0.2) is 32.6 Å². The molecule has 1 amide bonds. The third kappa shape index (κ3) is 2.66. The third-order valence-corrected chi connectivity index (χ3v) is 4.68. The zero-order valence-corrected chi connectivity index (χ0v) is 12.5. The fourth-order valence-corrected chi connectivity index (χ4v) is 3.53. The first-order valence-electron chi connectivity index (χ1n) is 6.42. The van der Waals surface area contributed by atoms with Crippen LogP contribution in [0.2, 0.25) is 0 Å². The van der Waals surface area contributed by atoms with Crippen molar-refractivity contribution in [3.8, 4) is 11.5 Å². The first kappa shape index (κ1) is 16.2. The molecule has 2 aromatic rings.